The molecule has 25 heavy (non-hydrogen) atoms. The van der Waals surface area contributed by atoms with E-state index >= 15 is 0 Å². The summed E-state index contributed by atoms with van der Waals surface area (Å²) >= 11 is 0. The lowest BCUT2D eigenvalue weighted by Crippen LogP contribution is -2.17. The number of carbonyl (C=O) groups excluding carboxylic acids is 2. The fourth-order valence-electron chi connectivity index (χ4n) is 3.16. The molecule has 2 heterocycles. The predicted octanol–water partition coefficient (Wildman–Crippen LogP) is 3.53. The third-order valence-electron chi connectivity index (χ3n) is 4.25. The Balaban J connectivity index is 2.18. The number of hydrogen-bond acceptors (Lipinski definition) is 6. The first-order valence-electron chi connectivity index (χ1n) is 7.65. The molecule has 3 aromatic rings. The highest BCUT2D eigenvalue weighted by Crippen LogP contribution is 2.44. The molecule has 1 aliphatic heterocycles. The maximum Gasteiger partial charge on any atom is 0.357 e. The van der Waals surface area contributed by atoms with Gasteiger partial charge in [0.1, 0.15) is 5.56 Å². The molecule has 6 nitrogen and oxygen atoms in total. The summed E-state index contributed by atoms with van der Waals surface area (Å²) in [5.41, 5.74) is 3.25. The molecular weight excluding hydrogens is 320 g/mol. The van der Waals surface area contributed by atoms with Crippen molar-refractivity contribution in [1.29, 1.82) is 0 Å². The van der Waals surface area contributed by atoms with Gasteiger partial charge in [-0.3, -0.25) is 0 Å². The van der Waals surface area contributed by atoms with Gasteiger partial charge in [0, 0.05) is 27.7 Å². The van der Waals surface area contributed by atoms with Crippen LogP contribution in [0.4, 0.5) is 11.4 Å². The summed E-state index contributed by atoms with van der Waals surface area (Å²) in [5, 5.41) is 4.71. The summed E-state index contributed by atoms with van der Waals surface area (Å²) in [6.45, 7) is 0. The predicted molar refractivity (Wildman–Crippen MR) is 93.1 cm³/mol. The molecule has 0 bridgehead atoms. The maximum atomic E-state index is 12.4. The molecule has 0 fully saturated rings. The zero-order chi connectivity index (χ0) is 17.6. The normalized spacial score (nSPS) is 11.4. The minimum Gasteiger partial charge on any atom is -0.465 e. The highest BCUT2D eigenvalue weighted by Gasteiger charge is 2.29. The van der Waals surface area contributed by atoms with E-state index in [1.54, 1.807) is 6.07 Å². The maximum absolute atomic E-state index is 12.4. The number of fused-ring (bicyclic) bond motifs is 2. The van der Waals surface area contributed by atoms with Gasteiger partial charge in [0.15, 0.2) is 5.69 Å². The molecule has 1 N–H and O–H groups in total. The molecule has 4 rings (SSSR count). The second-order valence-corrected chi connectivity index (χ2v) is 5.57. The molecule has 1 aromatic heterocycles. The Morgan fingerprint density at radius 1 is 0.920 bits per heavy atom. The van der Waals surface area contributed by atoms with Crippen molar-refractivity contribution in [2.45, 2.75) is 0 Å². The van der Waals surface area contributed by atoms with Gasteiger partial charge in [-0.15, -0.1) is 0 Å². The first kappa shape index (κ1) is 15.1. The smallest absolute Gasteiger partial charge is 0.357 e. The van der Waals surface area contributed by atoms with E-state index in [1.165, 1.54) is 14.2 Å². The number of esters is 2. The van der Waals surface area contributed by atoms with Crippen molar-refractivity contribution < 1.29 is 19.1 Å². The summed E-state index contributed by atoms with van der Waals surface area (Å²) in [6, 6.07) is 13.2. The number of aromatic nitrogens is 1. The largest absolute Gasteiger partial charge is 0.465 e. The van der Waals surface area contributed by atoms with Gasteiger partial charge in [-0.05, 0) is 12.1 Å². The van der Waals surface area contributed by atoms with Gasteiger partial charge in [-0.2, -0.15) is 0 Å². The SMILES string of the molecule is COC(=O)c1nc2c3c(cccc3c1C(=O)OC)Nc1ccccc1-2. The number of anilines is 2. The Kier molecular flexibility index (Phi) is 3.39. The van der Waals surface area contributed by atoms with Crippen LogP contribution in [0.1, 0.15) is 20.8 Å². The van der Waals surface area contributed by atoms with Gasteiger partial charge in [0.05, 0.1) is 19.9 Å². The van der Waals surface area contributed by atoms with E-state index in [0.29, 0.717) is 11.1 Å². The molecule has 1 aliphatic rings. The number of rotatable bonds is 2. The number of nitrogens with zero attached hydrogens (tertiary/aromatic N) is 1. The Bertz CT molecular complexity index is 1040. The summed E-state index contributed by atoms with van der Waals surface area (Å²) in [6.07, 6.45) is 0. The van der Waals surface area contributed by atoms with Crippen molar-refractivity contribution >= 4 is 34.1 Å². The van der Waals surface area contributed by atoms with Crippen molar-refractivity contribution in [1.82, 2.24) is 4.98 Å². The number of ether oxygens (including phenoxy) is 2. The third kappa shape index (κ3) is 2.15. The summed E-state index contributed by atoms with van der Waals surface area (Å²) < 4.78 is 9.70. The highest BCUT2D eigenvalue weighted by molar-refractivity contribution is 6.19. The summed E-state index contributed by atoms with van der Waals surface area (Å²) in [5.74, 6) is -1.31. The van der Waals surface area contributed by atoms with Crippen LogP contribution in [0.2, 0.25) is 0 Å². The van der Waals surface area contributed by atoms with Crippen molar-refractivity contribution in [3.05, 3.63) is 53.7 Å². The lowest BCUT2D eigenvalue weighted by Gasteiger charge is -2.23. The molecule has 0 amide bonds. The van der Waals surface area contributed by atoms with E-state index in [1.807, 2.05) is 36.4 Å². The number of pyridine rings is 1. The third-order valence-corrected chi connectivity index (χ3v) is 4.25. The Morgan fingerprint density at radius 3 is 2.40 bits per heavy atom. The zero-order valence-corrected chi connectivity index (χ0v) is 13.6. The average molecular weight is 334 g/mol. The molecule has 0 radical (unpaired) electrons. The molecular formula is C19H14N2O4. The van der Waals surface area contributed by atoms with E-state index in [-0.39, 0.29) is 11.3 Å². The Labute approximate surface area is 143 Å². The molecule has 2 aromatic carbocycles. The van der Waals surface area contributed by atoms with Gasteiger partial charge < -0.3 is 14.8 Å². The van der Waals surface area contributed by atoms with Crippen molar-refractivity contribution in [3.8, 4) is 11.3 Å². The van der Waals surface area contributed by atoms with E-state index in [2.05, 4.69) is 10.3 Å². The van der Waals surface area contributed by atoms with Gasteiger partial charge in [0.2, 0.25) is 0 Å². The van der Waals surface area contributed by atoms with Crippen molar-refractivity contribution in [3.63, 3.8) is 0 Å². The fraction of sp³-hybridized carbons (Fsp3) is 0.105. The summed E-state index contributed by atoms with van der Waals surface area (Å²) in [4.78, 5) is 29.1. The minimum atomic E-state index is -0.681. The van der Waals surface area contributed by atoms with Crippen LogP contribution in [0.15, 0.2) is 42.5 Å². The van der Waals surface area contributed by atoms with Gasteiger partial charge >= 0.3 is 11.9 Å². The second kappa shape index (κ2) is 5.59. The Morgan fingerprint density at radius 2 is 1.64 bits per heavy atom. The van der Waals surface area contributed by atoms with Crippen LogP contribution in [0, 0.1) is 0 Å². The molecule has 0 unspecified atom stereocenters. The van der Waals surface area contributed by atoms with E-state index in [9.17, 15) is 9.59 Å². The zero-order valence-electron chi connectivity index (χ0n) is 13.6. The monoisotopic (exact) mass is 334 g/mol. The molecule has 0 atom stereocenters. The standard InChI is InChI=1S/C19H14N2O4/c1-24-18(22)15-11-7-5-9-13-14(11)16(21-17(15)19(23)25-2)10-6-3-4-8-12(10)20-13/h3-9,20H,1-2H3. The first-order valence-corrected chi connectivity index (χ1v) is 7.65. The molecule has 6 heteroatoms. The highest BCUT2D eigenvalue weighted by atomic mass is 16.5. The van der Waals surface area contributed by atoms with Crippen LogP contribution in [0.5, 0.6) is 0 Å². The Hall–Kier alpha value is -3.41. The van der Waals surface area contributed by atoms with Crippen LogP contribution in [0.3, 0.4) is 0 Å². The molecule has 0 saturated heterocycles. The summed E-state index contributed by atoms with van der Waals surface area (Å²) in [7, 11) is 2.53. The molecule has 0 spiro atoms. The van der Waals surface area contributed by atoms with Gasteiger partial charge in [-0.1, -0.05) is 30.3 Å². The fourth-order valence-corrected chi connectivity index (χ4v) is 3.16. The number of para-hydroxylation sites is 1. The molecule has 0 aliphatic carbocycles. The number of methoxy groups -OCH3 is 2. The topological polar surface area (TPSA) is 77.5 Å². The lowest BCUT2D eigenvalue weighted by molar-refractivity contribution is 0.0552. The average Bonchev–Trinajstić information content (AvgIpc) is 2.66. The minimum absolute atomic E-state index is 0.0503. The van der Waals surface area contributed by atoms with E-state index in [0.717, 1.165) is 22.3 Å². The van der Waals surface area contributed by atoms with Crippen LogP contribution in [-0.2, 0) is 9.47 Å². The van der Waals surface area contributed by atoms with Crippen molar-refractivity contribution in [2.24, 2.45) is 0 Å². The van der Waals surface area contributed by atoms with Crippen LogP contribution in [-0.4, -0.2) is 31.1 Å². The van der Waals surface area contributed by atoms with Crippen LogP contribution >= 0.6 is 0 Å². The van der Waals surface area contributed by atoms with Crippen LogP contribution in [0.25, 0.3) is 22.0 Å². The first-order chi connectivity index (χ1) is 12.2. The number of nitrogens with one attached hydrogen (secondary N) is 1. The lowest BCUT2D eigenvalue weighted by atomic mass is 9.93. The molecule has 0 saturated carbocycles. The van der Waals surface area contributed by atoms with Crippen molar-refractivity contribution in [2.75, 3.05) is 19.5 Å². The van der Waals surface area contributed by atoms with E-state index in [4.69, 9.17) is 9.47 Å². The van der Waals surface area contributed by atoms with Gasteiger partial charge in [-0.25, -0.2) is 14.6 Å². The quantitative estimate of drug-likeness (QED) is 0.565. The van der Waals surface area contributed by atoms with Gasteiger partial charge in [0.25, 0.3) is 0 Å². The molecule has 124 valence electrons. The number of benzene rings is 2. The number of carbonyl (C=O) groups is 2. The number of hydrogen-bond donors (Lipinski definition) is 1. The van der Waals surface area contributed by atoms with Crippen LogP contribution < -0.4 is 5.32 Å². The van der Waals surface area contributed by atoms with E-state index < -0.39 is 11.9 Å². The second-order valence-electron chi connectivity index (χ2n) is 5.57.